The fraction of sp³-hybridized carbons (Fsp3) is 0.417. The molecule has 0 unspecified atom stereocenters. The lowest BCUT2D eigenvalue weighted by Crippen LogP contribution is -2.32. The van der Waals surface area contributed by atoms with Crippen LogP contribution < -0.4 is 5.32 Å². The second-order valence-electron chi connectivity index (χ2n) is 8.37. The lowest BCUT2D eigenvalue weighted by Gasteiger charge is -2.18. The van der Waals surface area contributed by atoms with Gasteiger partial charge in [0.25, 0.3) is 0 Å². The Hall–Kier alpha value is -2.17. The van der Waals surface area contributed by atoms with E-state index in [0.29, 0.717) is 17.1 Å². The number of sulfone groups is 1. The van der Waals surface area contributed by atoms with E-state index in [4.69, 9.17) is 27.9 Å². The summed E-state index contributed by atoms with van der Waals surface area (Å²) in [5.41, 5.74) is 2.59. The first-order chi connectivity index (χ1) is 16.6. The van der Waals surface area contributed by atoms with E-state index in [-0.39, 0.29) is 41.5 Å². The summed E-state index contributed by atoms with van der Waals surface area (Å²) >= 11 is 12.1. The Morgan fingerprint density at radius 1 is 1.20 bits per heavy atom. The molecule has 0 saturated carbocycles. The smallest absolute Gasteiger partial charge is 0.248 e. The number of carbonyl (C=O) groups excluding carboxylic acids is 1. The Labute approximate surface area is 216 Å². The van der Waals surface area contributed by atoms with Crippen molar-refractivity contribution in [2.45, 2.75) is 18.4 Å². The molecule has 2 aromatic carbocycles. The minimum absolute atomic E-state index is 0.0302. The van der Waals surface area contributed by atoms with E-state index in [1.54, 1.807) is 18.9 Å². The van der Waals surface area contributed by atoms with Crippen molar-refractivity contribution in [3.63, 3.8) is 0 Å². The molecular weight excluding hydrogens is 511 g/mol. The highest BCUT2D eigenvalue weighted by Gasteiger charge is 2.20. The van der Waals surface area contributed by atoms with Crippen LogP contribution in [-0.2, 0) is 25.9 Å². The van der Waals surface area contributed by atoms with Gasteiger partial charge in [-0.05, 0) is 30.2 Å². The highest BCUT2D eigenvalue weighted by atomic mass is 35.5. The molecule has 1 amide bonds. The highest BCUT2D eigenvalue weighted by molar-refractivity contribution is 7.91. The largest absolute Gasteiger partial charge is 0.370 e. The molecule has 35 heavy (non-hydrogen) atoms. The van der Waals surface area contributed by atoms with Crippen LogP contribution in [-0.4, -0.2) is 82.8 Å². The number of benzene rings is 2. The first-order valence-corrected chi connectivity index (χ1v) is 13.6. The monoisotopic (exact) mass is 540 g/mol. The first kappa shape index (κ1) is 27.4. The molecule has 2 aromatic rings. The highest BCUT2D eigenvalue weighted by Crippen LogP contribution is 2.30. The number of aliphatic imine (C=N–C) groups is 1. The third kappa shape index (κ3) is 7.17. The number of hydrogen-bond donors (Lipinski definition) is 1. The summed E-state index contributed by atoms with van der Waals surface area (Å²) in [6.45, 7) is 4.23. The van der Waals surface area contributed by atoms with E-state index in [0.717, 1.165) is 30.1 Å². The van der Waals surface area contributed by atoms with E-state index in [1.165, 1.54) is 12.1 Å². The average molecular weight is 542 g/mol. The van der Waals surface area contributed by atoms with Crippen molar-refractivity contribution in [3.05, 3.63) is 63.1 Å². The van der Waals surface area contributed by atoms with Crippen LogP contribution in [0.2, 0.25) is 10.0 Å². The fourth-order valence-electron chi connectivity index (χ4n) is 3.54. The quantitative estimate of drug-likeness (QED) is 0.440. The molecule has 0 aromatic heterocycles. The zero-order chi connectivity index (χ0) is 25.6. The Morgan fingerprint density at radius 2 is 1.91 bits per heavy atom. The summed E-state index contributed by atoms with van der Waals surface area (Å²) in [4.78, 5) is 20.6. The number of hydrogen-bond acceptors (Lipinski definition) is 7. The summed E-state index contributed by atoms with van der Waals surface area (Å²) in [6, 6.07) is 10.9. The predicted molar refractivity (Wildman–Crippen MR) is 139 cm³/mol. The van der Waals surface area contributed by atoms with Crippen molar-refractivity contribution in [2.24, 2.45) is 4.99 Å². The van der Waals surface area contributed by atoms with Gasteiger partial charge < -0.3 is 19.9 Å². The van der Waals surface area contributed by atoms with Gasteiger partial charge in [-0.25, -0.2) is 8.42 Å². The van der Waals surface area contributed by atoms with Gasteiger partial charge in [-0.1, -0.05) is 47.5 Å². The average Bonchev–Trinajstić information content (AvgIpc) is 3.25. The van der Waals surface area contributed by atoms with Gasteiger partial charge in [0.1, 0.15) is 18.3 Å². The number of nitrogens with zero attached hydrogens (tertiary/aromatic N) is 3. The number of halogens is 2. The molecule has 190 valence electrons. The number of ether oxygens (including phenoxy) is 1. The Balaban J connectivity index is 1.37. The molecule has 1 N–H and O–H groups in total. The van der Waals surface area contributed by atoms with E-state index >= 15 is 0 Å². The summed E-state index contributed by atoms with van der Waals surface area (Å²) < 4.78 is 30.5. The maximum Gasteiger partial charge on any atom is 0.248 e. The van der Waals surface area contributed by atoms with E-state index in [9.17, 15) is 13.2 Å². The fourth-order valence-corrected chi connectivity index (χ4v) is 5.53. The van der Waals surface area contributed by atoms with Crippen molar-refractivity contribution >= 4 is 44.8 Å². The minimum Gasteiger partial charge on any atom is -0.370 e. The van der Waals surface area contributed by atoms with Crippen LogP contribution in [0.3, 0.4) is 0 Å². The van der Waals surface area contributed by atoms with E-state index in [2.05, 4.69) is 15.2 Å². The molecule has 11 heteroatoms. The van der Waals surface area contributed by atoms with Gasteiger partial charge >= 0.3 is 0 Å². The number of rotatable bonds is 11. The van der Waals surface area contributed by atoms with Crippen LogP contribution in [0, 0.1) is 6.92 Å². The van der Waals surface area contributed by atoms with Crippen molar-refractivity contribution < 1.29 is 17.9 Å². The summed E-state index contributed by atoms with van der Waals surface area (Å²) in [7, 11) is 0.108. The maximum atomic E-state index is 12.5. The Kier molecular flexibility index (Phi) is 9.54. The third-order valence-electron chi connectivity index (χ3n) is 5.68. The third-order valence-corrected chi connectivity index (χ3v) is 8.28. The normalized spacial score (nSPS) is 13.7. The molecule has 3 rings (SSSR count). The van der Waals surface area contributed by atoms with Crippen LogP contribution in [0.4, 0.5) is 0 Å². The second kappa shape index (κ2) is 12.2. The SMILES string of the molecule is Cc1c(Cl)ccc(S(=O)(=O)CNCCOCC(=O)N(C)Cc2ccc(C3=NCCN3C)cc2)c1Cl. The standard InChI is InChI=1S/C24H30Cl2N4O4S/c1-17-20(25)8-9-21(23(17)26)35(32,33)16-27-11-13-34-15-22(31)30(3)14-18-4-6-19(7-5-18)24-28-10-12-29(24)2/h4-9,27H,10-16H2,1-3H3. The Morgan fingerprint density at radius 3 is 2.57 bits per heavy atom. The second-order valence-corrected chi connectivity index (χ2v) is 11.1. The van der Waals surface area contributed by atoms with Crippen LogP contribution in [0.1, 0.15) is 16.7 Å². The Bertz CT molecular complexity index is 1190. The van der Waals surface area contributed by atoms with Crippen LogP contribution in [0.5, 0.6) is 0 Å². The molecule has 0 aliphatic carbocycles. The van der Waals surface area contributed by atoms with Gasteiger partial charge in [0.15, 0.2) is 9.84 Å². The van der Waals surface area contributed by atoms with E-state index in [1.807, 2.05) is 31.3 Å². The molecular formula is C24H30Cl2N4O4S. The summed E-state index contributed by atoms with van der Waals surface area (Å²) in [5.74, 6) is 0.524. The van der Waals surface area contributed by atoms with Crippen molar-refractivity contribution in [2.75, 3.05) is 52.8 Å². The topological polar surface area (TPSA) is 91.3 Å². The molecule has 1 aliphatic rings. The molecule has 1 heterocycles. The first-order valence-electron chi connectivity index (χ1n) is 11.1. The number of amidine groups is 1. The van der Waals surface area contributed by atoms with Gasteiger partial charge in [-0.2, -0.15) is 0 Å². The molecule has 0 bridgehead atoms. The number of nitrogens with one attached hydrogen (secondary N) is 1. The van der Waals surface area contributed by atoms with Crippen LogP contribution in [0.25, 0.3) is 0 Å². The summed E-state index contributed by atoms with van der Waals surface area (Å²) in [5, 5.41) is 3.35. The maximum absolute atomic E-state index is 12.5. The van der Waals surface area contributed by atoms with Crippen molar-refractivity contribution in [1.82, 2.24) is 15.1 Å². The van der Waals surface area contributed by atoms with Crippen molar-refractivity contribution in [3.8, 4) is 0 Å². The van der Waals surface area contributed by atoms with E-state index < -0.39 is 9.84 Å². The van der Waals surface area contributed by atoms with Gasteiger partial charge in [0.05, 0.1) is 23.1 Å². The lowest BCUT2D eigenvalue weighted by atomic mass is 10.1. The van der Waals surface area contributed by atoms with Crippen LogP contribution >= 0.6 is 23.2 Å². The molecule has 0 atom stereocenters. The molecule has 0 saturated heterocycles. The van der Waals surface area contributed by atoms with Crippen molar-refractivity contribution in [1.29, 1.82) is 0 Å². The molecule has 0 radical (unpaired) electrons. The van der Waals surface area contributed by atoms with Gasteiger partial charge in [0.2, 0.25) is 5.91 Å². The van der Waals surface area contributed by atoms with Crippen LogP contribution in [0.15, 0.2) is 46.3 Å². The number of carbonyl (C=O) groups is 1. The van der Waals surface area contributed by atoms with Gasteiger partial charge in [-0.3, -0.25) is 9.79 Å². The number of likely N-dealkylation sites (N-methyl/N-ethyl adjacent to an activating group) is 2. The molecule has 0 spiro atoms. The zero-order valence-electron chi connectivity index (χ0n) is 20.1. The lowest BCUT2D eigenvalue weighted by molar-refractivity contribution is -0.135. The molecule has 1 aliphatic heterocycles. The summed E-state index contributed by atoms with van der Waals surface area (Å²) in [6.07, 6.45) is 0. The predicted octanol–water partition coefficient (Wildman–Crippen LogP) is 2.99. The molecule has 0 fully saturated rings. The van der Waals surface area contributed by atoms with Gasteiger partial charge in [-0.15, -0.1) is 0 Å². The molecule has 8 nitrogen and oxygen atoms in total. The zero-order valence-corrected chi connectivity index (χ0v) is 22.4. The number of amides is 1. The van der Waals surface area contributed by atoms with Gasteiger partial charge in [0, 0.05) is 44.3 Å². The minimum atomic E-state index is -3.64.